The quantitative estimate of drug-likeness (QED) is 0.372. The van der Waals surface area contributed by atoms with E-state index in [1.54, 1.807) is 0 Å². The van der Waals surface area contributed by atoms with Gasteiger partial charge in [-0.25, -0.2) is 0 Å². The molecule has 4 atom stereocenters. The Bertz CT molecular complexity index is 228. The van der Waals surface area contributed by atoms with Crippen LogP contribution in [0, 0.1) is 29.1 Å². The summed E-state index contributed by atoms with van der Waals surface area (Å²) in [5.74, 6) is 3.61. The summed E-state index contributed by atoms with van der Waals surface area (Å²) in [5.41, 5.74) is 0.507. The third-order valence-electron chi connectivity index (χ3n) is 5.71. The van der Waals surface area contributed by atoms with Gasteiger partial charge in [-0.2, -0.15) is 0 Å². The second-order valence-electron chi connectivity index (χ2n) is 8.06. The Hall–Kier alpha value is 0. The summed E-state index contributed by atoms with van der Waals surface area (Å²) in [4.78, 5) is 0. The van der Waals surface area contributed by atoms with Crippen molar-refractivity contribution < 1.29 is 0 Å². The summed E-state index contributed by atoms with van der Waals surface area (Å²) in [5, 5.41) is 0. The maximum Gasteiger partial charge on any atom is -0.0349 e. The lowest BCUT2D eigenvalue weighted by Gasteiger charge is -2.37. The van der Waals surface area contributed by atoms with E-state index in [-0.39, 0.29) is 0 Å². The third-order valence-corrected chi connectivity index (χ3v) is 5.71. The summed E-state index contributed by atoms with van der Waals surface area (Å²) in [6.07, 6.45) is 9.60. The van der Waals surface area contributed by atoms with E-state index in [0.29, 0.717) is 5.41 Å². The van der Waals surface area contributed by atoms with Gasteiger partial charge in [0.05, 0.1) is 0 Å². The Kier molecular flexibility index (Phi) is 9.85. The molecule has 0 bridgehead atoms. The normalized spacial score (nSPS) is 18.6. The maximum atomic E-state index is 2.52. The van der Waals surface area contributed by atoms with E-state index < -0.39 is 0 Å². The first kappa shape index (κ1) is 20.0. The average molecular weight is 283 g/mol. The zero-order valence-electron chi connectivity index (χ0n) is 15.8. The number of hydrogen-bond donors (Lipinski definition) is 0. The fourth-order valence-corrected chi connectivity index (χ4v) is 3.88. The van der Waals surface area contributed by atoms with Crippen molar-refractivity contribution in [2.75, 3.05) is 0 Å². The maximum absolute atomic E-state index is 2.52. The number of rotatable bonds is 11. The lowest BCUT2D eigenvalue weighted by molar-refractivity contribution is 0.143. The van der Waals surface area contributed by atoms with Crippen LogP contribution in [0.2, 0.25) is 0 Å². The van der Waals surface area contributed by atoms with Gasteiger partial charge >= 0.3 is 0 Å². The molecule has 20 heavy (non-hydrogen) atoms. The molecule has 0 amide bonds. The van der Waals surface area contributed by atoms with Crippen LogP contribution < -0.4 is 0 Å². The van der Waals surface area contributed by atoms with Crippen LogP contribution in [-0.4, -0.2) is 0 Å². The first-order valence-corrected chi connectivity index (χ1v) is 9.31. The van der Waals surface area contributed by atoms with Crippen molar-refractivity contribution in [2.45, 2.75) is 100 Å². The molecule has 0 aliphatic carbocycles. The van der Waals surface area contributed by atoms with Gasteiger partial charge < -0.3 is 0 Å². The second-order valence-corrected chi connectivity index (χ2v) is 8.06. The molecule has 0 saturated carbocycles. The molecule has 0 nitrogen and oxygen atoms in total. The minimum absolute atomic E-state index is 0.507. The molecule has 0 fully saturated rings. The van der Waals surface area contributed by atoms with E-state index in [0.717, 1.165) is 23.7 Å². The van der Waals surface area contributed by atoms with Gasteiger partial charge in [0.1, 0.15) is 0 Å². The van der Waals surface area contributed by atoms with E-state index in [4.69, 9.17) is 0 Å². The first-order chi connectivity index (χ1) is 9.31. The largest absolute Gasteiger partial charge is 0.0654 e. The molecule has 0 radical (unpaired) electrons. The van der Waals surface area contributed by atoms with E-state index >= 15 is 0 Å². The summed E-state index contributed by atoms with van der Waals surface area (Å²) in [6, 6.07) is 0. The van der Waals surface area contributed by atoms with Gasteiger partial charge in [-0.05, 0) is 41.9 Å². The summed E-state index contributed by atoms with van der Waals surface area (Å²) >= 11 is 0. The Morgan fingerprint density at radius 3 is 1.55 bits per heavy atom. The minimum atomic E-state index is 0.507. The van der Waals surface area contributed by atoms with Crippen LogP contribution in [0.4, 0.5) is 0 Å². The highest BCUT2D eigenvalue weighted by Crippen LogP contribution is 2.40. The third kappa shape index (κ3) is 7.14. The summed E-state index contributed by atoms with van der Waals surface area (Å²) < 4.78 is 0. The molecular formula is C20H42. The Morgan fingerprint density at radius 1 is 0.700 bits per heavy atom. The van der Waals surface area contributed by atoms with Crippen molar-refractivity contribution in [3.63, 3.8) is 0 Å². The zero-order valence-corrected chi connectivity index (χ0v) is 15.8. The van der Waals surface area contributed by atoms with Crippen molar-refractivity contribution in [1.82, 2.24) is 0 Å². The zero-order chi connectivity index (χ0) is 15.8. The molecule has 4 unspecified atom stereocenters. The number of hydrogen-bond acceptors (Lipinski definition) is 0. The lowest BCUT2D eigenvalue weighted by Crippen LogP contribution is -2.26. The lowest BCUT2D eigenvalue weighted by atomic mass is 9.69. The van der Waals surface area contributed by atoms with Crippen molar-refractivity contribution in [3.05, 3.63) is 0 Å². The molecule has 0 N–H and O–H groups in total. The first-order valence-electron chi connectivity index (χ1n) is 9.31. The van der Waals surface area contributed by atoms with Gasteiger partial charge in [0.15, 0.2) is 0 Å². The van der Waals surface area contributed by atoms with Gasteiger partial charge in [0.25, 0.3) is 0 Å². The van der Waals surface area contributed by atoms with Crippen molar-refractivity contribution in [2.24, 2.45) is 29.1 Å². The standard InChI is InChI=1S/C20H42/c1-9-13-19(17(6)11-3)15-20(7,8)14-18(12-4)16(5)10-2/h16-19H,9-15H2,1-8H3. The van der Waals surface area contributed by atoms with Crippen LogP contribution >= 0.6 is 0 Å². The van der Waals surface area contributed by atoms with Crippen LogP contribution in [0.5, 0.6) is 0 Å². The topological polar surface area (TPSA) is 0 Å². The molecule has 0 heterocycles. The molecule has 0 saturated heterocycles. The van der Waals surface area contributed by atoms with Crippen LogP contribution in [0.1, 0.15) is 100 Å². The molecule has 0 rings (SSSR count). The molecule has 0 spiro atoms. The van der Waals surface area contributed by atoms with Gasteiger partial charge in [0.2, 0.25) is 0 Å². The SMILES string of the molecule is CCCC(CC(C)(C)CC(CC)C(C)CC)C(C)CC. The van der Waals surface area contributed by atoms with E-state index in [9.17, 15) is 0 Å². The monoisotopic (exact) mass is 282 g/mol. The second kappa shape index (κ2) is 9.85. The Labute approximate surface area is 130 Å². The van der Waals surface area contributed by atoms with Crippen LogP contribution in [-0.2, 0) is 0 Å². The van der Waals surface area contributed by atoms with Gasteiger partial charge in [-0.1, -0.05) is 87.5 Å². The highest BCUT2D eigenvalue weighted by atomic mass is 14.3. The van der Waals surface area contributed by atoms with Gasteiger partial charge in [-0.15, -0.1) is 0 Å². The molecule has 0 aromatic heterocycles. The molecule has 0 aliphatic heterocycles. The van der Waals surface area contributed by atoms with Crippen molar-refractivity contribution in [3.8, 4) is 0 Å². The highest BCUT2D eigenvalue weighted by Gasteiger charge is 2.29. The van der Waals surface area contributed by atoms with Gasteiger partial charge in [-0.3, -0.25) is 0 Å². The Morgan fingerprint density at radius 2 is 1.15 bits per heavy atom. The molecule has 0 heteroatoms. The summed E-state index contributed by atoms with van der Waals surface area (Å²) in [7, 11) is 0. The molecule has 0 aromatic carbocycles. The van der Waals surface area contributed by atoms with Gasteiger partial charge in [0, 0.05) is 0 Å². The summed E-state index contributed by atoms with van der Waals surface area (Å²) in [6.45, 7) is 19.4. The molecule has 0 aliphatic rings. The Balaban J connectivity index is 4.66. The van der Waals surface area contributed by atoms with Crippen LogP contribution in [0.25, 0.3) is 0 Å². The molecule has 122 valence electrons. The highest BCUT2D eigenvalue weighted by molar-refractivity contribution is 4.80. The fraction of sp³-hybridized carbons (Fsp3) is 1.00. The van der Waals surface area contributed by atoms with Crippen molar-refractivity contribution in [1.29, 1.82) is 0 Å². The van der Waals surface area contributed by atoms with Crippen LogP contribution in [0.15, 0.2) is 0 Å². The van der Waals surface area contributed by atoms with E-state index in [1.165, 1.54) is 44.9 Å². The van der Waals surface area contributed by atoms with E-state index in [2.05, 4.69) is 55.4 Å². The predicted molar refractivity (Wildman–Crippen MR) is 94.1 cm³/mol. The molecular weight excluding hydrogens is 240 g/mol. The van der Waals surface area contributed by atoms with E-state index in [1.807, 2.05) is 0 Å². The molecule has 0 aromatic rings. The van der Waals surface area contributed by atoms with Crippen LogP contribution in [0.3, 0.4) is 0 Å². The minimum Gasteiger partial charge on any atom is -0.0654 e. The fourth-order valence-electron chi connectivity index (χ4n) is 3.88. The predicted octanol–water partition coefficient (Wildman–Crippen LogP) is 7.33. The average Bonchev–Trinajstić information content (AvgIpc) is 2.42. The van der Waals surface area contributed by atoms with Crippen molar-refractivity contribution >= 4 is 0 Å². The smallest absolute Gasteiger partial charge is 0.0349 e.